The standard InChI is InChI=1S/C7H7BrO3/c1-10-7(9)4-5-2-3-6(8)11-5/h2-3H,4H2,1H3. The number of hydrogen-bond acceptors (Lipinski definition) is 3. The summed E-state index contributed by atoms with van der Waals surface area (Å²) in [5.74, 6) is 0.301. The van der Waals surface area contributed by atoms with Crippen molar-refractivity contribution >= 4 is 21.9 Å². The highest BCUT2D eigenvalue weighted by atomic mass is 79.9. The predicted octanol–water partition coefficient (Wildman–Crippen LogP) is 1.76. The maximum Gasteiger partial charge on any atom is 0.313 e. The minimum Gasteiger partial charge on any atom is -0.469 e. The van der Waals surface area contributed by atoms with Crippen molar-refractivity contribution in [2.75, 3.05) is 7.11 Å². The van der Waals surface area contributed by atoms with Crippen LogP contribution in [0, 0.1) is 0 Å². The second kappa shape index (κ2) is 3.57. The number of halogens is 1. The van der Waals surface area contributed by atoms with Gasteiger partial charge in [-0.05, 0) is 28.1 Å². The van der Waals surface area contributed by atoms with E-state index in [9.17, 15) is 4.79 Å². The Morgan fingerprint density at radius 1 is 1.73 bits per heavy atom. The molecule has 0 bridgehead atoms. The molecule has 4 heteroatoms. The minimum atomic E-state index is -0.299. The molecular formula is C7H7BrO3. The summed E-state index contributed by atoms with van der Waals surface area (Å²) in [6, 6.07) is 3.46. The maximum absolute atomic E-state index is 10.7. The van der Waals surface area contributed by atoms with Gasteiger partial charge < -0.3 is 9.15 Å². The van der Waals surface area contributed by atoms with Gasteiger partial charge in [-0.2, -0.15) is 0 Å². The monoisotopic (exact) mass is 218 g/mol. The van der Waals surface area contributed by atoms with Crippen LogP contribution in [-0.4, -0.2) is 13.1 Å². The Morgan fingerprint density at radius 3 is 2.91 bits per heavy atom. The van der Waals surface area contributed by atoms with Crippen molar-refractivity contribution in [3.63, 3.8) is 0 Å². The summed E-state index contributed by atoms with van der Waals surface area (Å²) >= 11 is 3.13. The topological polar surface area (TPSA) is 39.4 Å². The molecule has 0 amide bonds. The molecule has 0 atom stereocenters. The molecule has 0 aromatic carbocycles. The number of rotatable bonds is 2. The van der Waals surface area contributed by atoms with E-state index in [1.165, 1.54) is 7.11 Å². The van der Waals surface area contributed by atoms with Gasteiger partial charge in [-0.3, -0.25) is 4.79 Å². The van der Waals surface area contributed by atoms with E-state index < -0.39 is 0 Å². The van der Waals surface area contributed by atoms with Crippen molar-refractivity contribution in [3.05, 3.63) is 22.6 Å². The van der Waals surface area contributed by atoms with Crippen molar-refractivity contribution < 1.29 is 13.9 Å². The van der Waals surface area contributed by atoms with Crippen LogP contribution in [0.1, 0.15) is 5.76 Å². The summed E-state index contributed by atoms with van der Waals surface area (Å²) in [4.78, 5) is 10.7. The Kier molecular flexibility index (Phi) is 2.70. The fraction of sp³-hybridized carbons (Fsp3) is 0.286. The molecule has 0 aliphatic carbocycles. The maximum atomic E-state index is 10.7. The molecule has 0 aliphatic rings. The molecule has 1 aromatic rings. The molecule has 0 N–H and O–H groups in total. The summed E-state index contributed by atoms with van der Waals surface area (Å²) < 4.78 is 10.1. The van der Waals surface area contributed by atoms with Gasteiger partial charge >= 0.3 is 5.97 Å². The molecule has 0 unspecified atom stereocenters. The summed E-state index contributed by atoms with van der Waals surface area (Å²) in [6.07, 6.45) is 0.183. The molecule has 0 aliphatic heterocycles. The predicted molar refractivity (Wildman–Crippen MR) is 42.1 cm³/mol. The third kappa shape index (κ3) is 2.38. The molecule has 0 radical (unpaired) electrons. The van der Waals surface area contributed by atoms with E-state index in [1.807, 2.05) is 0 Å². The lowest BCUT2D eigenvalue weighted by atomic mass is 10.3. The zero-order valence-electron chi connectivity index (χ0n) is 5.96. The molecule has 11 heavy (non-hydrogen) atoms. The molecule has 0 saturated carbocycles. The lowest BCUT2D eigenvalue weighted by Gasteiger charge is -1.93. The molecule has 1 aromatic heterocycles. The zero-order chi connectivity index (χ0) is 8.27. The van der Waals surface area contributed by atoms with Gasteiger partial charge in [-0.15, -0.1) is 0 Å². The smallest absolute Gasteiger partial charge is 0.313 e. The van der Waals surface area contributed by atoms with Crippen LogP contribution < -0.4 is 0 Å². The lowest BCUT2D eigenvalue weighted by Crippen LogP contribution is -2.02. The van der Waals surface area contributed by atoms with Crippen molar-refractivity contribution in [2.45, 2.75) is 6.42 Å². The molecule has 1 rings (SSSR count). The van der Waals surface area contributed by atoms with Gasteiger partial charge in [0.05, 0.1) is 7.11 Å². The highest BCUT2D eigenvalue weighted by Crippen LogP contribution is 2.14. The summed E-state index contributed by atoms with van der Waals surface area (Å²) in [5, 5.41) is 0. The first-order valence-corrected chi connectivity index (χ1v) is 3.82. The average Bonchev–Trinajstić information content (AvgIpc) is 2.35. The molecule has 3 nitrogen and oxygen atoms in total. The minimum absolute atomic E-state index is 0.183. The van der Waals surface area contributed by atoms with Crippen LogP contribution in [-0.2, 0) is 16.0 Å². The molecule has 0 saturated heterocycles. The second-order valence-electron chi connectivity index (χ2n) is 1.96. The first-order valence-electron chi connectivity index (χ1n) is 3.03. The first-order chi connectivity index (χ1) is 5.22. The normalized spacial score (nSPS) is 9.64. The fourth-order valence-corrected chi connectivity index (χ4v) is 1.00. The van der Waals surface area contributed by atoms with E-state index in [1.54, 1.807) is 12.1 Å². The van der Waals surface area contributed by atoms with E-state index in [0.29, 0.717) is 10.4 Å². The van der Waals surface area contributed by atoms with Gasteiger partial charge in [-0.25, -0.2) is 0 Å². The Bertz CT molecular complexity index is 254. The molecule has 0 fully saturated rings. The Labute approximate surface area is 72.5 Å². The van der Waals surface area contributed by atoms with Crippen LogP contribution in [0.15, 0.2) is 21.2 Å². The lowest BCUT2D eigenvalue weighted by molar-refractivity contribution is -0.140. The number of carbonyl (C=O) groups excluding carboxylic acids is 1. The van der Waals surface area contributed by atoms with Gasteiger partial charge in [0.2, 0.25) is 0 Å². The first kappa shape index (κ1) is 8.33. The van der Waals surface area contributed by atoms with E-state index >= 15 is 0 Å². The quantitative estimate of drug-likeness (QED) is 0.711. The van der Waals surface area contributed by atoms with Crippen LogP contribution in [0.25, 0.3) is 0 Å². The number of furan rings is 1. The van der Waals surface area contributed by atoms with Gasteiger partial charge in [0, 0.05) is 0 Å². The third-order valence-electron chi connectivity index (χ3n) is 1.18. The fourth-order valence-electron chi connectivity index (χ4n) is 0.661. The number of carbonyl (C=O) groups is 1. The SMILES string of the molecule is COC(=O)Cc1ccc(Br)o1. The highest BCUT2D eigenvalue weighted by Gasteiger charge is 2.05. The van der Waals surface area contributed by atoms with E-state index in [4.69, 9.17) is 4.42 Å². The summed E-state index contributed by atoms with van der Waals surface area (Å²) in [5.41, 5.74) is 0. The van der Waals surface area contributed by atoms with Crippen LogP contribution in [0.2, 0.25) is 0 Å². The van der Waals surface area contributed by atoms with E-state index in [-0.39, 0.29) is 12.4 Å². The van der Waals surface area contributed by atoms with Crippen LogP contribution in [0.3, 0.4) is 0 Å². The summed E-state index contributed by atoms with van der Waals surface area (Å²) in [7, 11) is 1.35. The zero-order valence-corrected chi connectivity index (χ0v) is 7.55. The van der Waals surface area contributed by atoms with Crippen molar-refractivity contribution in [1.82, 2.24) is 0 Å². The number of esters is 1. The van der Waals surface area contributed by atoms with E-state index in [0.717, 1.165) is 0 Å². The Balaban J connectivity index is 2.57. The Morgan fingerprint density at radius 2 is 2.45 bits per heavy atom. The van der Waals surface area contributed by atoms with Gasteiger partial charge in [0.15, 0.2) is 4.67 Å². The third-order valence-corrected chi connectivity index (χ3v) is 1.60. The van der Waals surface area contributed by atoms with Crippen molar-refractivity contribution in [3.8, 4) is 0 Å². The molecular weight excluding hydrogens is 212 g/mol. The van der Waals surface area contributed by atoms with E-state index in [2.05, 4.69) is 20.7 Å². The average molecular weight is 219 g/mol. The van der Waals surface area contributed by atoms with Crippen molar-refractivity contribution in [2.24, 2.45) is 0 Å². The van der Waals surface area contributed by atoms with Crippen LogP contribution >= 0.6 is 15.9 Å². The van der Waals surface area contributed by atoms with Gasteiger partial charge in [0.1, 0.15) is 12.2 Å². The number of methoxy groups -OCH3 is 1. The molecule has 1 heterocycles. The van der Waals surface area contributed by atoms with Crippen LogP contribution in [0.4, 0.5) is 0 Å². The molecule has 60 valence electrons. The van der Waals surface area contributed by atoms with Gasteiger partial charge in [0.25, 0.3) is 0 Å². The number of hydrogen-bond donors (Lipinski definition) is 0. The summed E-state index contributed by atoms with van der Waals surface area (Å²) in [6.45, 7) is 0. The largest absolute Gasteiger partial charge is 0.469 e. The second-order valence-corrected chi connectivity index (χ2v) is 2.74. The highest BCUT2D eigenvalue weighted by molar-refractivity contribution is 9.10. The van der Waals surface area contributed by atoms with Crippen LogP contribution in [0.5, 0.6) is 0 Å². The Hall–Kier alpha value is -0.770. The van der Waals surface area contributed by atoms with Crippen molar-refractivity contribution in [1.29, 1.82) is 0 Å². The van der Waals surface area contributed by atoms with Gasteiger partial charge in [-0.1, -0.05) is 0 Å². The number of ether oxygens (including phenoxy) is 1. The molecule has 0 spiro atoms.